The zero-order chi connectivity index (χ0) is 12.4. The molecule has 1 fully saturated rings. The summed E-state index contributed by atoms with van der Waals surface area (Å²) in [5.41, 5.74) is 3.56. The first-order valence-corrected chi connectivity index (χ1v) is 6.31. The molecule has 0 aromatic heterocycles. The van der Waals surface area contributed by atoms with Gasteiger partial charge in [-0.2, -0.15) is 0 Å². The highest BCUT2D eigenvalue weighted by molar-refractivity contribution is 5.83. The van der Waals surface area contributed by atoms with Crippen LogP contribution in [0.5, 0.6) is 5.75 Å². The van der Waals surface area contributed by atoms with Gasteiger partial charge in [0.2, 0.25) is 0 Å². The molecule has 17 heavy (non-hydrogen) atoms. The van der Waals surface area contributed by atoms with E-state index in [9.17, 15) is 4.79 Å². The number of aryl methyl sites for hydroxylation is 3. The Kier molecular flexibility index (Phi) is 3.51. The molecule has 0 amide bonds. The second-order valence-electron chi connectivity index (χ2n) is 5.07. The third kappa shape index (κ3) is 3.09. The Labute approximate surface area is 103 Å². The molecule has 2 nitrogen and oxygen atoms in total. The molecule has 92 valence electrons. The SMILES string of the molecule is Cc1cc(C)c(OCCC(=O)C2CC2)c(C)c1. The molecule has 0 heterocycles. The Hall–Kier alpha value is -1.31. The Morgan fingerprint density at radius 3 is 2.35 bits per heavy atom. The van der Waals surface area contributed by atoms with Crippen LogP contribution in [0, 0.1) is 26.7 Å². The van der Waals surface area contributed by atoms with Crippen molar-refractivity contribution in [3.8, 4) is 5.75 Å². The van der Waals surface area contributed by atoms with Crippen LogP contribution >= 0.6 is 0 Å². The quantitative estimate of drug-likeness (QED) is 0.778. The number of rotatable bonds is 5. The van der Waals surface area contributed by atoms with Gasteiger partial charge in [-0.05, 0) is 44.7 Å². The minimum Gasteiger partial charge on any atom is -0.493 e. The zero-order valence-corrected chi connectivity index (χ0v) is 10.9. The number of ether oxygens (including phenoxy) is 1. The fourth-order valence-corrected chi connectivity index (χ4v) is 2.26. The number of hydrogen-bond donors (Lipinski definition) is 0. The van der Waals surface area contributed by atoms with Crippen LogP contribution in [0.15, 0.2) is 12.1 Å². The first kappa shape index (κ1) is 12.2. The molecule has 1 saturated carbocycles. The Bertz CT molecular complexity index is 408. The van der Waals surface area contributed by atoms with Crippen LogP contribution in [0.2, 0.25) is 0 Å². The van der Waals surface area contributed by atoms with Gasteiger partial charge < -0.3 is 4.74 Å². The van der Waals surface area contributed by atoms with E-state index in [0.29, 0.717) is 24.7 Å². The minimum absolute atomic E-state index is 0.346. The molecule has 1 aromatic rings. The van der Waals surface area contributed by atoms with Crippen LogP contribution in [0.25, 0.3) is 0 Å². The van der Waals surface area contributed by atoms with Crippen molar-refractivity contribution >= 4 is 5.78 Å². The van der Waals surface area contributed by atoms with Gasteiger partial charge in [0.15, 0.2) is 0 Å². The van der Waals surface area contributed by atoms with Gasteiger partial charge in [-0.15, -0.1) is 0 Å². The third-order valence-electron chi connectivity index (χ3n) is 3.23. The molecule has 0 aliphatic heterocycles. The van der Waals surface area contributed by atoms with Crippen molar-refractivity contribution in [1.29, 1.82) is 0 Å². The summed E-state index contributed by atoms with van der Waals surface area (Å²) in [7, 11) is 0. The van der Waals surface area contributed by atoms with E-state index < -0.39 is 0 Å². The molecule has 1 aliphatic rings. The van der Waals surface area contributed by atoms with E-state index in [-0.39, 0.29) is 0 Å². The summed E-state index contributed by atoms with van der Waals surface area (Å²) in [5.74, 6) is 1.66. The molecule has 1 aromatic carbocycles. The summed E-state index contributed by atoms with van der Waals surface area (Å²) in [4.78, 5) is 11.5. The molecule has 1 aliphatic carbocycles. The van der Waals surface area contributed by atoms with Gasteiger partial charge in [0.05, 0.1) is 6.61 Å². The molecular weight excluding hydrogens is 212 g/mol. The lowest BCUT2D eigenvalue weighted by Crippen LogP contribution is -2.09. The van der Waals surface area contributed by atoms with Crippen LogP contribution in [-0.2, 0) is 4.79 Å². The highest BCUT2D eigenvalue weighted by Crippen LogP contribution is 2.31. The molecule has 0 atom stereocenters. The van der Waals surface area contributed by atoms with Crippen molar-refractivity contribution in [2.45, 2.75) is 40.0 Å². The van der Waals surface area contributed by atoms with Crippen molar-refractivity contribution in [3.63, 3.8) is 0 Å². The van der Waals surface area contributed by atoms with Crippen molar-refractivity contribution in [2.75, 3.05) is 6.61 Å². The van der Waals surface area contributed by atoms with Gasteiger partial charge >= 0.3 is 0 Å². The summed E-state index contributed by atoms with van der Waals surface area (Å²) in [6, 6.07) is 4.23. The molecule has 0 N–H and O–H groups in total. The van der Waals surface area contributed by atoms with Crippen molar-refractivity contribution in [3.05, 3.63) is 28.8 Å². The molecule has 2 rings (SSSR count). The lowest BCUT2D eigenvalue weighted by atomic mass is 10.1. The van der Waals surface area contributed by atoms with Gasteiger partial charge in [-0.1, -0.05) is 17.7 Å². The number of carbonyl (C=O) groups is 1. The Morgan fingerprint density at radius 2 is 1.82 bits per heavy atom. The fourth-order valence-electron chi connectivity index (χ4n) is 2.26. The van der Waals surface area contributed by atoms with E-state index in [4.69, 9.17) is 4.74 Å². The van der Waals surface area contributed by atoms with Gasteiger partial charge in [0.1, 0.15) is 11.5 Å². The van der Waals surface area contributed by atoms with E-state index in [1.54, 1.807) is 0 Å². The average molecular weight is 232 g/mol. The standard InChI is InChI=1S/C15H20O2/c1-10-8-11(2)15(12(3)9-10)17-7-6-14(16)13-4-5-13/h8-9,13H,4-7H2,1-3H3. The van der Waals surface area contributed by atoms with Crippen molar-refractivity contribution < 1.29 is 9.53 Å². The maximum absolute atomic E-state index is 11.5. The van der Waals surface area contributed by atoms with E-state index >= 15 is 0 Å². The lowest BCUT2D eigenvalue weighted by molar-refractivity contribution is -0.120. The first-order chi connectivity index (χ1) is 8.08. The topological polar surface area (TPSA) is 26.3 Å². The van der Waals surface area contributed by atoms with Crippen LogP contribution in [0.1, 0.15) is 36.0 Å². The normalized spacial score (nSPS) is 14.8. The number of Topliss-reactive ketones (excluding diaryl/α,β-unsaturated/α-hetero) is 1. The van der Waals surface area contributed by atoms with E-state index in [2.05, 4.69) is 32.9 Å². The molecule has 0 bridgehead atoms. The highest BCUT2D eigenvalue weighted by Gasteiger charge is 2.28. The number of carbonyl (C=O) groups excluding carboxylic acids is 1. The van der Waals surface area contributed by atoms with E-state index in [1.165, 1.54) is 5.56 Å². The monoisotopic (exact) mass is 232 g/mol. The minimum atomic E-state index is 0.346. The average Bonchev–Trinajstić information content (AvgIpc) is 3.04. The van der Waals surface area contributed by atoms with E-state index in [1.807, 2.05) is 0 Å². The molecule has 0 radical (unpaired) electrons. The molecule has 0 spiro atoms. The summed E-state index contributed by atoms with van der Waals surface area (Å²) >= 11 is 0. The molecule has 0 unspecified atom stereocenters. The second-order valence-corrected chi connectivity index (χ2v) is 5.07. The largest absolute Gasteiger partial charge is 0.493 e. The van der Waals surface area contributed by atoms with Gasteiger partial charge in [-0.3, -0.25) is 4.79 Å². The van der Waals surface area contributed by atoms with E-state index in [0.717, 1.165) is 29.7 Å². The maximum atomic E-state index is 11.5. The summed E-state index contributed by atoms with van der Waals surface area (Å²) in [5, 5.41) is 0. The first-order valence-electron chi connectivity index (χ1n) is 6.31. The van der Waals surface area contributed by atoms with Crippen LogP contribution in [0.3, 0.4) is 0 Å². The Balaban J connectivity index is 1.91. The Morgan fingerprint density at radius 1 is 1.24 bits per heavy atom. The summed E-state index contributed by atoms with van der Waals surface area (Å²) in [6.45, 7) is 6.70. The van der Waals surface area contributed by atoms with Gasteiger partial charge in [-0.25, -0.2) is 0 Å². The third-order valence-corrected chi connectivity index (χ3v) is 3.23. The smallest absolute Gasteiger partial charge is 0.139 e. The van der Waals surface area contributed by atoms with Gasteiger partial charge in [0.25, 0.3) is 0 Å². The number of ketones is 1. The molecule has 0 saturated heterocycles. The predicted molar refractivity (Wildman–Crippen MR) is 68.5 cm³/mol. The highest BCUT2D eigenvalue weighted by atomic mass is 16.5. The summed E-state index contributed by atoms with van der Waals surface area (Å²) in [6.07, 6.45) is 2.72. The van der Waals surface area contributed by atoms with Crippen LogP contribution < -0.4 is 4.74 Å². The maximum Gasteiger partial charge on any atom is 0.139 e. The van der Waals surface area contributed by atoms with Crippen molar-refractivity contribution in [1.82, 2.24) is 0 Å². The number of hydrogen-bond acceptors (Lipinski definition) is 2. The van der Waals surface area contributed by atoms with Gasteiger partial charge in [0, 0.05) is 12.3 Å². The van der Waals surface area contributed by atoms with Crippen LogP contribution in [0.4, 0.5) is 0 Å². The second kappa shape index (κ2) is 4.91. The zero-order valence-electron chi connectivity index (χ0n) is 10.9. The molecule has 2 heteroatoms. The summed E-state index contributed by atoms with van der Waals surface area (Å²) < 4.78 is 5.75. The van der Waals surface area contributed by atoms with Crippen LogP contribution in [-0.4, -0.2) is 12.4 Å². The molecular formula is C15H20O2. The number of benzene rings is 1. The fraction of sp³-hybridized carbons (Fsp3) is 0.533. The lowest BCUT2D eigenvalue weighted by Gasteiger charge is -2.12. The predicted octanol–water partition coefficient (Wildman–Crippen LogP) is 3.36. The van der Waals surface area contributed by atoms with Crippen molar-refractivity contribution in [2.24, 2.45) is 5.92 Å².